The molecule has 0 heterocycles. The summed E-state index contributed by atoms with van der Waals surface area (Å²) in [5.74, 6) is 0.428. The second-order valence-electron chi connectivity index (χ2n) is 6.82. The van der Waals surface area contributed by atoms with E-state index in [0.29, 0.717) is 34.1 Å². The van der Waals surface area contributed by atoms with Crippen molar-refractivity contribution in [2.45, 2.75) is 13.5 Å². The number of hydrogen-bond acceptors (Lipinski definition) is 4. The number of nitrogens with one attached hydrogen (secondary N) is 1. The Hall–Kier alpha value is -3.03. The molecule has 0 aromatic heterocycles. The van der Waals surface area contributed by atoms with E-state index in [4.69, 9.17) is 16.3 Å². The van der Waals surface area contributed by atoms with Crippen LogP contribution >= 0.6 is 11.6 Å². The molecule has 0 radical (unpaired) electrons. The van der Waals surface area contributed by atoms with Gasteiger partial charge in [0.05, 0.1) is 25.1 Å². The molecule has 31 heavy (non-hydrogen) atoms. The van der Waals surface area contributed by atoms with Gasteiger partial charge in [0.25, 0.3) is 5.91 Å². The molecule has 0 aliphatic rings. The van der Waals surface area contributed by atoms with Crippen molar-refractivity contribution in [3.63, 3.8) is 0 Å². The van der Waals surface area contributed by atoms with Crippen molar-refractivity contribution in [3.05, 3.63) is 88.9 Å². The molecule has 3 aromatic rings. The standard InChI is InChI=1S/C23H23ClN2O4S/c1-3-30-21-14-10-19(11-15-21)25-23(27)17-8-12-20(13-9-17)26(31(2,28)29)16-18-6-4-5-7-22(18)24/h4-15H,3,16H2,1-2H3,(H,25,27). The van der Waals surface area contributed by atoms with Gasteiger partial charge in [-0.1, -0.05) is 29.8 Å². The van der Waals surface area contributed by atoms with Gasteiger partial charge in [-0.05, 0) is 67.1 Å². The number of carbonyl (C=O) groups is 1. The summed E-state index contributed by atoms with van der Waals surface area (Å²) in [6.07, 6.45) is 1.14. The highest BCUT2D eigenvalue weighted by atomic mass is 35.5. The number of nitrogens with zero attached hydrogens (tertiary/aromatic N) is 1. The van der Waals surface area contributed by atoms with E-state index >= 15 is 0 Å². The zero-order valence-corrected chi connectivity index (χ0v) is 18.8. The fraction of sp³-hybridized carbons (Fsp3) is 0.174. The number of benzene rings is 3. The first-order chi connectivity index (χ1) is 14.8. The first kappa shape index (κ1) is 22.7. The fourth-order valence-corrected chi connectivity index (χ4v) is 4.04. The van der Waals surface area contributed by atoms with E-state index in [2.05, 4.69) is 5.32 Å². The van der Waals surface area contributed by atoms with E-state index < -0.39 is 10.0 Å². The Balaban J connectivity index is 1.76. The van der Waals surface area contributed by atoms with Crippen LogP contribution in [0.5, 0.6) is 5.75 Å². The maximum atomic E-state index is 12.5. The largest absolute Gasteiger partial charge is 0.494 e. The number of ether oxygens (including phenoxy) is 1. The average Bonchev–Trinajstić information content (AvgIpc) is 2.74. The normalized spacial score (nSPS) is 11.1. The lowest BCUT2D eigenvalue weighted by Gasteiger charge is -2.23. The Morgan fingerprint density at radius 3 is 2.23 bits per heavy atom. The van der Waals surface area contributed by atoms with Crippen LogP contribution in [0.3, 0.4) is 0 Å². The lowest BCUT2D eigenvalue weighted by Crippen LogP contribution is -2.29. The number of carbonyl (C=O) groups excluding carboxylic acids is 1. The zero-order chi connectivity index (χ0) is 22.4. The van der Waals surface area contributed by atoms with Crippen molar-refractivity contribution in [1.82, 2.24) is 0 Å². The Labute approximate surface area is 187 Å². The van der Waals surface area contributed by atoms with Crippen LogP contribution < -0.4 is 14.4 Å². The van der Waals surface area contributed by atoms with Crippen LogP contribution in [0.25, 0.3) is 0 Å². The number of amides is 1. The predicted octanol–water partition coefficient (Wildman–Crippen LogP) is 4.96. The number of sulfonamides is 1. The molecule has 3 aromatic carbocycles. The van der Waals surface area contributed by atoms with Gasteiger partial charge < -0.3 is 10.1 Å². The quantitative estimate of drug-likeness (QED) is 0.517. The van der Waals surface area contributed by atoms with Gasteiger partial charge in [0.15, 0.2) is 0 Å². The summed E-state index contributed by atoms with van der Waals surface area (Å²) in [6, 6.07) is 20.5. The molecule has 6 nitrogen and oxygen atoms in total. The monoisotopic (exact) mass is 458 g/mol. The highest BCUT2D eigenvalue weighted by Crippen LogP contribution is 2.25. The van der Waals surface area contributed by atoms with E-state index in [9.17, 15) is 13.2 Å². The summed E-state index contributed by atoms with van der Waals surface area (Å²) < 4.78 is 31.4. The predicted molar refractivity (Wildman–Crippen MR) is 124 cm³/mol. The van der Waals surface area contributed by atoms with Crippen molar-refractivity contribution in [3.8, 4) is 5.75 Å². The van der Waals surface area contributed by atoms with E-state index in [1.54, 1.807) is 72.8 Å². The van der Waals surface area contributed by atoms with Crippen LogP contribution in [-0.2, 0) is 16.6 Å². The second kappa shape index (κ2) is 9.85. The lowest BCUT2D eigenvalue weighted by molar-refractivity contribution is 0.102. The molecule has 0 bridgehead atoms. The van der Waals surface area contributed by atoms with Crippen molar-refractivity contribution >= 4 is 38.9 Å². The molecule has 0 saturated carbocycles. The Kier molecular flexibility index (Phi) is 7.20. The van der Waals surface area contributed by atoms with Crippen molar-refractivity contribution in [2.75, 3.05) is 22.5 Å². The van der Waals surface area contributed by atoms with Crippen LogP contribution in [0.2, 0.25) is 5.02 Å². The van der Waals surface area contributed by atoms with Crippen LogP contribution in [0.15, 0.2) is 72.8 Å². The van der Waals surface area contributed by atoms with E-state index in [0.717, 1.165) is 12.0 Å². The van der Waals surface area contributed by atoms with Gasteiger partial charge >= 0.3 is 0 Å². The highest BCUT2D eigenvalue weighted by Gasteiger charge is 2.19. The summed E-state index contributed by atoms with van der Waals surface area (Å²) in [5, 5.41) is 3.30. The molecule has 0 aliphatic carbocycles. The van der Waals surface area contributed by atoms with Gasteiger partial charge in [-0.2, -0.15) is 0 Å². The molecule has 1 amide bonds. The third-order valence-electron chi connectivity index (χ3n) is 4.51. The molecule has 0 atom stereocenters. The second-order valence-corrected chi connectivity index (χ2v) is 9.13. The minimum Gasteiger partial charge on any atom is -0.494 e. The summed E-state index contributed by atoms with van der Waals surface area (Å²) in [6.45, 7) is 2.56. The topological polar surface area (TPSA) is 75.7 Å². The Morgan fingerprint density at radius 1 is 1.00 bits per heavy atom. The van der Waals surface area contributed by atoms with Crippen molar-refractivity contribution in [2.24, 2.45) is 0 Å². The molecule has 0 aliphatic heterocycles. The van der Waals surface area contributed by atoms with Gasteiger partial charge in [0.2, 0.25) is 10.0 Å². The van der Waals surface area contributed by atoms with E-state index in [1.807, 2.05) is 6.92 Å². The van der Waals surface area contributed by atoms with Crippen LogP contribution in [0, 0.1) is 0 Å². The highest BCUT2D eigenvalue weighted by molar-refractivity contribution is 7.92. The lowest BCUT2D eigenvalue weighted by atomic mass is 10.1. The maximum Gasteiger partial charge on any atom is 0.255 e. The third kappa shape index (κ3) is 5.99. The molecule has 1 N–H and O–H groups in total. The third-order valence-corrected chi connectivity index (χ3v) is 6.02. The van der Waals surface area contributed by atoms with Gasteiger partial charge in [-0.3, -0.25) is 9.10 Å². The smallest absolute Gasteiger partial charge is 0.255 e. The number of hydrogen-bond donors (Lipinski definition) is 1. The molecule has 3 rings (SSSR count). The first-order valence-electron chi connectivity index (χ1n) is 9.63. The summed E-state index contributed by atoms with van der Waals surface area (Å²) in [5.41, 5.74) is 2.17. The van der Waals surface area contributed by atoms with Crippen molar-refractivity contribution < 1.29 is 17.9 Å². The van der Waals surface area contributed by atoms with Crippen LogP contribution in [-0.4, -0.2) is 27.2 Å². The van der Waals surface area contributed by atoms with Gasteiger partial charge in [-0.15, -0.1) is 0 Å². The molecule has 0 saturated heterocycles. The SMILES string of the molecule is CCOc1ccc(NC(=O)c2ccc(N(Cc3ccccc3Cl)S(C)(=O)=O)cc2)cc1. The van der Waals surface area contributed by atoms with Gasteiger partial charge in [0, 0.05) is 16.3 Å². The zero-order valence-electron chi connectivity index (χ0n) is 17.2. The molecule has 0 fully saturated rings. The number of halogens is 1. The molecule has 0 spiro atoms. The minimum absolute atomic E-state index is 0.0935. The van der Waals surface area contributed by atoms with E-state index in [-0.39, 0.29) is 12.5 Å². The Morgan fingerprint density at radius 2 is 1.65 bits per heavy atom. The van der Waals surface area contributed by atoms with Crippen molar-refractivity contribution in [1.29, 1.82) is 0 Å². The summed E-state index contributed by atoms with van der Waals surface area (Å²) >= 11 is 6.19. The molecular weight excluding hydrogens is 436 g/mol. The van der Waals surface area contributed by atoms with Crippen LogP contribution in [0.1, 0.15) is 22.8 Å². The number of anilines is 2. The first-order valence-corrected chi connectivity index (χ1v) is 11.9. The fourth-order valence-electron chi connectivity index (χ4n) is 2.96. The minimum atomic E-state index is -3.56. The maximum absolute atomic E-state index is 12.5. The molecule has 8 heteroatoms. The van der Waals surface area contributed by atoms with Gasteiger partial charge in [-0.25, -0.2) is 8.42 Å². The summed E-state index contributed by atoms with van der Waals surface area (Å²) in [7, 11) is -3.56. The summed E-state index contributed by atoms with van der Waals surface area (Å²) in [4.78, 5) is 12.5. The molecule has 0 unspecified atom stereocenters. The molecular formula is C23H23ClN2O4S. The number of rotatable bonds is 8. The van der Waals surface area contributed by atoms with E-state index in [1.165, 1.54) is 4.31 Å². The van der Waals surface area contributed by atoms with Crippen LogP contribution in [0.4, 0.5) is 11.4 Å². The van der Waals surface area contributed by atoms with Gasteiger partial charge in [0.1, 0.15) is 5.75 Å². The Bertz CT molecular complexity index is 1150. The molecule has 162 valence electrons. The average molecular weight is 459 g/mol.